The van der Waals surface area contributed by atoms with Crippen molar-refractivity contribution in [1.82, 2.24) is 0 Å². The standard InChI is InChI=1S/C48H30N2O3/c1-3-11-31(12-4-1)49(34-19-23-39-37-15-7-9-17-43(37)51-46(39)28-34)33-22-26-45-42(27-33)41-25-21-36(30-48(41)53-45)50(32-13-5-2-6-14-32)35-20-24-40-38-16-8-10-18-44(38)52-47(40)29-35/h1-30H. The van der Waals surface area contributed by atoms with Crippen molar-refractivity contribution >= 4 is 99.9 Å². The monoisotopic (exact) mass is 682 g/mol. The zero-order chi connectivity index (χ0) is 34.9. The fraction of sp³-hybridized carbons (Fsp3) is 0. The molecule has 0 unspecified atom stereocenters. The summed E-state index contributed by atoms with van der Waals surface area (Å²) in [6.07, 6.45) is 0. The van der Waals surface area contributed by atoms with Crippen molar-refractivity contribution in [3.63, 3.8) is 0 Å². The van der Waals surface area contributed by atoms with Gasteiger partial charge in [-0.15, -0.1) is 0 Å². The lowest BCUT2D eigenvalue weighted by molar-refractivity contribution is 0.668. The largest absolute Gasteiger partial charge is 0.456 e. The van der Waals surface area contributed by atoms with E-state index in [0.717, 1.165) is 99.9 Å². The van der Waals surface area contributed by atoms with Crippen LogP contribution in [0.3, 0.4) is 0 Å². The molecule has 53 heavy (non-hydrogen) atoms. The predicted molar refractivity (Wildman–Crippen MR) is 218 cm³/mol. The van der Waals surface area contributed by atoms with Gasteiger partial charge in [0.2, 0.25) is 0 Å². The summed E-state index contributed by atoms with van der Waals surface area (Å²) >= 11 is 0. The van der Waals surface area contributed by atoms with E-state index in [2.05, 4.69) is 149 Å². The fourth-order valence-corrected chi connectivity index (χ4v) is 7.79. The SMILES string of the molecule is c1ccc(N(c2ccc3c(c2)oc2ccccc23)c2ccc3c(c2)oc2ccc(N(c4ccccc4)c4ccc5c(c4)oc4ccccc45)cc23)cc1. The fourth-order valence-electron chi connectivity index (χ4n) is 7.79. The molecule has 8 aromatic carbocycles. The molecule has 0 aliphatic rings. The van der Waals surface area contributed by atoms with Crippen LogP contribution in [0.1, 0.15) is 0 Å². The molecule has 0 bridgehead atoms. The lowest BCUT2D eigenvalue weighted by atomic mass is 10.1. The molecule has 3 heterocycles. The molecule has 0 aliphatic carbocycles. The number of furan rings is 3. The van der Waals surface area contributed by atoms with Gasteiger partial charge in [-0.05, 0) is 91.0 Å². The van der Waals surface area contributed by atoms with Crippen LogP contribution in [0.25, 0.3) is 65.8 Å². The Morgan fingerprint density at radius 2 is 0.566 bits per heavy atom. The molecule has 5 nitrogen and oxygen atoms in total. The van der Waals surface area contributed by atoms with Gasteiger partial charge in [0.15, 0.2) is 0 Å². The van der Waals surface area contributed by atoms with E-state index in [-0.39, 0.29) is 0 Å². The van der Waals surface area contributed by atoms with E-state index in [9.17, 15) is 0 Å². The van der Waals surface area contributed by atoms with Gasteiger partial charge in [-0.3, -0.25) is 0 Å². The average molecular weight is 683 g/mol. The number of hydrogen-bond donors (Lipinski definition) is 0. The van der Waals surface area contributed by atoms with E-state index in [1.54, 1.807) is 0 Å². The van der Waals surface area contributed by atoms with Crippen LogP contribution in [0.4, 0.5) is 34.1 Å². The second-order valence-electron chi connectivity index (χ2n) is 13.4. The van der Waals surface area contributed by atoms with Gasteiger partial charge in [0.1, 0.15) is 33.5 Å². The lowest BCUT2D eigenvalue weighted by Gasteiger charge is -2.25. The Kier molecular flexibility index (Phi) is 6.48. The molecule has 3 aromatic heterocycles. The first-order chi connectivity index (χ1) is 26.2. The van der Waals surface area contributed by atoms with E-state index in [4.69, 9.17) is 13.3 Å². The Balaban J connectivity index is 1.03. The summed E-state index contributed by atoms with van der Waals surface area (Å²) in [5.74, 6) is 0. The minimum atomic E-state index is 0.815. The highest BCUT2D eigenvalue weighted by Crippen LogP contribution is 2.43. The van der Waals surface area contributed by atoms with Crippen molar-refractivity contribution in [2.45, 2.75) is 0 Å². The first kappa shape index (κ1) is 29.5. The Labute approximate surface area is 304 Å². The molecule has 0 saturated carbocycles. The highest BCUT2D eigenvalue weighted by molar-refractivity contribution is 6.10. The van der Waals surface area contributed by atoms with Gasteiger partial charge in [0, 0.05) is 84.6 Å². The summed E-state index contributed by atoms with van der Waals surface area (Å²) in [4.78, 5) is 4.51. The van der Waals surface area contributed by atoms with Gasteiger partial charge in [0.25, 0.3) is 0 Å². The van der Waals surface area contributed by atoms with E-state index in [0.29, 0.717) is 0 Å². The van der Waals surface area contributed by atoms with Crippen LogP contribution < -0.4 is 9.80 Å². The maximum Gasteiger partial charge on any atom is 0.137 e. The van der Waals surface area contributed by atoms with Crippen LogP contribution in [0.2, 0.25) is 0 Å². The smallest absolute Gasteiger partial charge is 0.137 e. The molecule has 5 heteroatoms. The van der Waals surface area contributed by atoms with Crippen LogP contribution in [0, 0.1) is 0 Å². The van der Waals surface area contributed by atoms with Crippen LogP contribution >= 0.6 is 0 Å². The first-order valence-corrected chi connectivity index (χ1v) is 17.7. The van der Waals surface area contributed by atoms with E-state index in [1.807, 2.05) is 42.5 Å². The van der Waals surface area contributed by atoms with Crippen molar-refractivity contribution in [2.75, 3.05) is 9.80 Å². The van der Waals surface area contributed by atoms with Crippen molar-refractivity contribution in [1.29, 1.82) is 0 Å². The van der Waals surface area contributed by atoms with Crippen LogP contribution in [0.5, 0.6) is 0 Å². The average Bonchev–Trinajstić information content (AvgIpc) is 3.89. The Morgan fingerprint density at radius 3 is 1.04 bits per heavy atom. The molecular weight excluding hydrogens is 653 g/mol. The molecule has 0 amide bonds. The molecule has 0 atom stereocenters. The quantitative estimate of drug-likeness (QED) is 0.175. The zero-order valence-corrected chi connectivity index (χ0v) is 28.4. The van der Waals surface area contributed by atoms with Crippen LogP contribution in [0.15, 0.2) is 195 Å². The Morgan fingerprint density at radius 1 is 0.226 bits per heavy atom. The zero-order valence-electron chi connectivity index (χ0n) is 28.4. The van der Waals surface area contributed by atoms with E-state index in [1.165, 1.54) is 0 Å². The molecule has 0 spiro atoms. The molecule has 0 saturated heterocycles. The van der Waals surface area contributed by atoms with Gasteiger partial charge < -0.3 is 23.1 Å². The maximum absolute atomic E-state index is 6.58. The van der Waals surface area contributed by atoms with Gasteiger partial charge in [-0.2, -0.15) is 0 Å². The van der Waals surface area contributed by atoms with Crippen molar-refractivity contribution in [2.24, 2.45) is 0 Å². The Bertz CT molecular complexity index is 3140. The van der Waals surface area contributed by atoms with Crippen LogP contribution in [-0.4, -0.2) is 0 Å². The number of rotatable bonds is 6. The molecular formula is C48H30N2O3. The van der Waals surface area contributed by atoms with Crippen molar-refractivity contribution < 1.29 is 13.3 Å². The first-order valence-electron chi connectivity index (χ1n) is 17.7. The molecule has 11 aromatic rings. The summed E-state index contributed by atoms with van der Waals surface area (Å²) in [5.41, 5.74) is 11.2. The summed E-state index contributed by atoms with van der Waals surface area (Å²) in [6, 6.07) is 63.0. The van der Waals surface area contributed by atoms with Crippen molar-refractivity contribution in [3.05, 3.63) is 182 Å². The third-order valence-electron chi connectivity index (χ3n) is 10.2. The highest BCUT2D eigenvalue weighted by Gasteiger charge is 2.20. The summed E-state index contributed by atoms with van der Waals surface area (Å²) < 4.78 is 19.2. The number of nitrogens with zero attached hydrogens (tertiary/aromatic N) is 2. The van der Waals surface area contributed by atoms with Gasteiger partial charge in [-0.1, -0.05) is 72.8 Å². The maximum atomic E-state index is 6.58. The van der Waals surface area contributed by atoms with E-state index >= 15 is 0 Å². The van der Waals surface area contributed by atoms with Crippen molar-refractivity contribution in [3.8, 4) is 0 Å². The second-order valence-corrected chi connectivity index (χ2v) is 13.4. The minimum Gasteiger partial charge on any atom is -0.456 e. The second kappa shape index (κ2) is 11.7. The molecule has 0 fully saturated rings. The predicted octanol–water partition coefficient (Wildman–Crippen LogP) is 14.3. The van der Waals surface area contributed by atoms with E-state index < -0.39 is 0 Å². The number of fused-ring (bicyclic) bond motifs is 9. The number of anilines is 6. The lowest BCUT2D eigenvalue weighted by Crippen LogP contribution is -2.09. The van der Waals surface area contributed by atoms with Gasteiger partial charge >= 0.3 is 0 Å². The third-order valence-corrected chi connectivity index (χ3v) is 10.2. The molecule has 0 N–H and O–H groups in total. The number of hydrogen-bond acceptors (Lipinski definition) is 5. The minimum absolute atomic E-state index is 0.815. The third kappa shape index (κ3) is 4.79. The molecule has 11 rings (SSSR count). The molecule has 0 radical (unpaired) electrons. The summed E-state index contributed by atoms with van der Waals surface area (Å²) in [6.45, 7) is 0. The Hall–Kier alpha value is -7.24. The highest BCUT2D eigenvalue weighted by atomic mass is 16.3. The topological polar surface area (TPSA) is 45.9 Å². The molecule has 0 aliphatic heterocycles. The summed E-state index contributed by atoms with van der Waals surface area (Å²) in [5, 5.41) is 6.53. The number of para-hydroxylation sites is 4. The van der Waals surface area contributed by atoms with Gasteiger partial charge in [-0.25, -0.2) is 0 Å². The number of benzene rings is 8. The van der Waals surface area contributed by atoms with Crippen LogP contribution in [-0.2, 0) is 0 Å². The van der Waals surface area contributed by atoms with Gasteiger partial charge in [0.05, 0.1) is 0 Å². The summed E-state index contributed by atoms with van der Waals surface area (Å²) in [7, 11) is 0. The normalized spacial score (nSPS) is 11.8. The molecule has 250 valence electrons.